The molecule has 2 heterocycles. The third kappa shape index (κ3) is 2.27. The van der Waals surface area contributed by atoms with Gasteiger partial charge in [-0.25, -0.2) is 0 Å². The second-order valence-corrected chi connectivity index (χ2v) is 4.71. The Morgan fingerprint density at radius 1 is 1.40 bits per heavy atom. The van der Waals surface area contributed by atoms with Crippen LogP contribution in [0.15, 0.2) is 17.5 Å². The van der Waals surface area contributed by atoms with Crippen LogP contribution >= 0.6 is 11.3 Å². The largest absolute Gasteiger partial charge is 0.326 e. The summed E-state index contributed by atoms with van der Waals surface area (Å²) in [7, 11) is 0. The van der Waals surface area contributed by atoms with Gasteiger partial charge >= 0.3 is 0 Å². The van der Waals surface area contributed by atoms with Crippen molar-refractivity contribution >= 4 is 11.3 Å². The lowest BCUT2D eigenvalue weighted by Crippen LogP contribution is -2.03. The molecule has 15 heavy (non-hydrogen) atoms. The van der Waals surface area contributed by atoms with Crippen LogP contribution in [0.25, 0.3) is 0 Å². The van der Waals surface area contributed by atoms with Gasteiger partial charge in [0.15, 0.2) is 0 Å². The number of nitrogens with two attached hydrogens (primary N) is 1. The van der Waals surface area contributed by atoms with Gasteiger partial charge in [-0.1, -0.05) is 0 Å². The van der Waals surface area contributed by atoms with Crippen molar-refractivity contribution in [3.8, 4) is 0 Å². The maximum atomic E-state index is 5.58. The summed E-state index contributed by atoms with van der Waals surface area (Å²) in [6.45, 7) is 5.57. The molecule has 0 saturated heterocycles. The Balaban J connectivity index is 2.17. The molecule has 2 aromatic heterocycles. The van der Waals surface area contributed by atoms with E-state index in [1.54, 1.807) is 11.3 Å². The van der Waals surface area contributed by atoms with Gasteiger partial charge in [0.1, 0.15) is 0 Å². The summed E-state index contributed by atoms with van der Waals surface area (Å²) in [5.74, 6) is 0. The van der Waals surface area contributed by atoms with Gasteiger partial charge in [-0.2, -0.15) is 5.10 Å². The van der Waals surface area contributed by atoms with E-state index in [1.807, 2.05) is 11.6 Å². The lowest BCUT2D eigenvalue weighted by Gasteiger charge is -2.01. The molecular weight excluding hydrogens is 206 g/mol. The summed E-state index contributed by atoms with van der Waals surface area (Å²) >= 11 is 1.72. The van der Waals surface area contributed by atoms with E-state index in [9.17, 15) is 0 Å². The first-order valence-electron chi connectivity index (χ1n) is 4.96. The van der Waals surface area contributed by atoms with Crippen molar-refractivity contribution in [3.05, 3.63) is 39.3 Å². The van der Waals surface area contributed by atoms with Gasteiger partial charge in [0, 0.05) is 17.1 Å². The summed E-state index contributed by atoms with van der Waals surface area (Å²) in [6.07, 6.45) is 0. The molecule has 0 fully saturated rings. The predicted octanol–water partition coefficient (Wildman–Crippen LogP) is 2.07. The first-order chi connectivity index (χ1) is 7.19. The number of thiophene rings is 1. The van der Waals surface area contributed by atoms with Crippen molar-refractivity contribution in [1.29, 1.82) is 0 Å². The Morgan fingerprint density at radius 3 is 2.73 bits per heavy atom. The number of aryl methyl sites for hydroxylation is 2. The smallest absolute Gasteiger partial charge is 0.0670 e. The molecule has 80 valence electrons. The van der Waals surface area contributed by atoms with Crippen LogP contribution in [-0.2, 0) is 13.1 Å². The van der Waals surface area contributed by atoms with Crippen LogP contribution in [0.3, 0.4) is 0 Å². The zero-order valence-corrected chi connectivity index (χ0v) is 9.84. The van der Waals surface area contributed by atoms with Gasteiger partial charge in [-0.3, -0.25) is 4.68 Å². The molecular formula is C11H15N3S. The van der Waals surface area contributed by atoms with Crippen LogP contribution in [0.5, 0.6) is 0 Å². The first-order valence-corrected chi connectivity index (χ1v) is 5.84. The topological polar surface area (TPSA) is 43.8 Å². The van der Waals surface area contributed by atoms with Gasteiger partial charge in [0.25, 0.3) is 0 Å². The molecule has 0 atom stereocenters. The van der Waals surface area contributed by atoms with Crippen molar-refractivity contribution in [2.75, 3.05) is 0 Å². The molecule has 2 rings (SSSR count). The summed E-state index contributed by atoms with van der Waals surface area (Å²) in [4.78, 5) is 1.23. The molecule has 0 saturated carbocycles. The van der Waals surface area contributed by atoms with Crippen molar-refractivity contribution in [2.45, 2.75) is 26.9 Å². The molecule has 3 nitrogen and oxygen atoms in total. The summed E-state index contributed by atoms with van der Waals surface area (Å²) in [5, 5.41) is 6.58. The van der Waals surface area contributed by atoms with Gasteiger partial charge in [-0.05, 0) is 36.9 Å². The Morgan fingerprint density at radius 2 is 2.20 bits per heavy atom. The molecule has 0 aliphatic carbocycles. The van der Waals surface area contributed by atoms with Crippen molar-refractivity contribution in [1.82, 2.24) is 9.78 Å². The van der Waals surface area contributed by atoms with E-state index in [4.69, 9.17) is 5.73 Å². The third-order valence-corrected chi connectivity index (χ3v) is 3.35. The predicted molar refractivity (Wildman–Crippen MR) is 63.0 cm³/mol. The third-order valence-electron chi connectivity index (χ3n) is 2.34. The minimum atomic E-state index is 0.627. The molecule has 0 amide bonds. The standard InChI is InChI=1S/C11H15N3S/c1-8-3-9(2)14(13-8)6-10-4-11(5-12)15-7-10/h3-4,7H,5-6,12H2,1-2H3. The SMILES string of the molecule is Cc1cc(C)n(Cc2csc(CN)c2)n1. The van der Waals surface area contributed by atoms with Crippen LogP contribution in [0, 0.1) is 13.8 Å². The molecule has 2 N–H and O–H groups in total. The van der Waals surface area contributed by atoms with E-state index < -0.39 is 0 Å². The Kier molecular flexibility index (Phi) is 2.88. The monoisotopic (exact) mass is 221 g/mol. The highest BCUT2D eigenvalue weighted by molar-refractivity contribution is 7.10. The van der Waals surface area contributed by atoms with E-state index in [0.29, 0.717) is 6.54 Å². The van der Waals surface area contributed by atoms with E-state index in [1.165, 1.54) is 16.1 Å². The van der Waals surface area contributed by atoms with E-state index >= 15 is 0 Å². The van der Waals surface area contributed by atoms with Gasteiger partial charge in [0.2, 0.25) is 0 Å². The average Bonchev–Trinajstić information content (AvgIpc) is 2.75. The lowest BCUT2D eigenvalue weighted by molar-refractivity contribution is 0.660. The summed E-state index contributed by atoms with van der Waals surface area (Å²) in [5.41, 5.74) is 9.14. The van der Waals surface area contributed by atoms with Gasteiger partial charge < -0.3 is 5.73 Å². The molecule has 0 bridgehead atoms. The summed E-state index contributed by atoms with van der Waals surface area (Å²) < 4.78 is 2.03. The number of hydrogen-bond donors (Lipinski definition) is 1. The molecule has 0 aliphatic rings. The molecule has 4 heteroatoms. The minimum Gasteiger partial charge on any atom is -0.326 e. The highest BCUT2D eigenvalue weighted by Crippen LogP contribution is 2.15. The van der Waals surface area contributed by atoms with Crippen LogP contribution in [-0.4, -0.2) is 9.78 Å². The first kappa shape index (κ1) is 10.4. The van der Waals surface area contributed by atoms with Gasteiger partial charge in [0.05, 0.1) is 12.2 Å². The molecule has 0 aromatic carbocycles. The fourth-order valence-corrected chi connectivity index (χ4v) is 2.39. The van der Waals surface area contributed by atoms with Crippen molar-refractivity contribution in [2.24, 2.45) is 5.73 Å². The maximum absolute atomic E-state index is 5.58. The number of nitrogens with zero attached hydrogens (tertiary/aromatic N) is 2. The van der Waals surface area contributed by atoms with E-state index in [2.05, 4.69) is 29.5 Å². The second-order valence-electron chi connectivity index (χ2n) is 3.71. The zero-order valence-electron chi connectivity index (χ0n) is 9.03. The maximum Gasteiger partial charge on any atom is 0.0670 e. The quantitative estimate of drug-likeness (QED) is 0.862. The van der Waals surface area contributed by atoms with Crippen molar-refractivity contribution < 1.29 is 0 Å². The minimum absolute atomic E-state index is 0.627. The highest BCUT2D eigenvalue weighted by Gasteiger charge is 2.03. The Bertz CT molecular complexity index is 456. The van der Waals surface area contributed by atoms with Crippen LogP contribution in [0.1, 0.15) is 21.8 Å². The average molecular weight is 221 g/mol. The van der Waals surface area contributed by atoms with Crippen LogP contribution < -0.4 is 5.73 Å². The van der Waals surface area contributed by atoms with E-state index in [0.717, 1.165) is 12.2 Å². The highest BCUT2D eigenvalue weighted by atomic mass is 32.1. The molecule has 2 aromatic rings. The Hall–Kier alpha value is -1.13. The number of rotatable bonds is 3. The normalized spacial score (nSPS) is 10.9. The molecule has 0 aliphatic heterocycles. The Labute approximate surface area is 93.5 Å². The van der Waals surface area contributed by atoms with Crippen molar-refractivity contribution in [3.63, 3.8) is 0 Å². The fourth-order valence-electron chi connectivity index (χ4n) is 1.62. The number of aromatic nitrogens is 2. The lowest BCUT2D eigenvalue weighted by atomic mass is 10.3. The summed E-state index contributed by atoms with van der Waals surface area (Å²) in [6, 6.07) is 4.25. The van der Waals surface area contributed by atoms with Gasteiger partial charge in [-0.15, -0.1) is 11.3 Å². The second kappa shape index (κ2) is 4.16. The molecule has 0 unspecified atom stereocenters. The van der Waals surface area contributed by atoms with Crippen LogP contribution in [0.4, 0.5) is 0 Å². The van der Waals surface area contributed by atoms with Crippen LogP contribution in [0.2, 0.25) is 0 Å². The zero-order chi connectivity index (χ0) is 10.8. The van der Waals surface area contributed by atoms with E-state index in [-0.39, 0.29) is 0 Å². The molecule has 0 spiro atoms. The fraction of sp³-hybridized carbons (Fsp3) is 0.364. The number of hydrogen-bond acceptors (Lipinski definition) is 3. The molecule has 0 radical (unpaired) electrons.